The van der Waals surface area contributed by atoms with E-state index in [1.165, 1.54) is 0 Å². The molecule has 0 radical (unpaired) electrons. The molecule has 1 saturated heterocycles. The first kappa shape index (κ1) is 27.7. The number of nitrogens with zero attached hydrogens (tertiary/aromatic N) is 4. The quantitative estimate of drug-likeness (QED) is 0.221. The van der Waals surface area contributed by atoms with Crippen molar-refractivity contribution in [3.8, 4) is 0 Å². The smallest absolute Gasteiger partial charge is 0.320 e. The molecule has 0 spiro atoms. The molecule has 0 unspecified atom stereocenters. The van der Waals surface area contributed by atoms with Gasteiger partial charge in [-0.3, -0.25) is 38.8 Å². The highest BCUT2D eigenvalue weighted by Gasteiger charge is 2.27. The van der Waals surface area contributed by atoms with Crippen LogP contribution in [0.1, 0.15) is 12.8 Å². The first-order valence-electron chi connectivity index (χ1n) is 10.5. The molecule has 0 aliphatic carbocycles. The number of carboxylic acid groups (broad SMARTS) is 4. The second-order valence-corrected chi connectivity index (χ2v) is 7.77. The summed E-state index contributed by atoms with van der Waals surface area (Å²) in [5.41, 5.74) is 0. The Kier molecular flexibility index (Phi) is 12.7. The number of hydrogen-bond donors (Lipinski definition) is 5. The van der Waals surface area contributed by atoms with Crippen molar-refractivity contribution in [1.82, 2.24) is 19.6 Å². The third-order valence-electron chi connectivity index (χ3n) is 5.31. The number of aliphatic hydroxyl groups excluding tert-OH is 1. The molecule has 0 bridgehead atoms. The molecule has 5 N–H and O–H groups in total. The highest BCUT2D eigenvalue weighted by molar-refractivity contribution is 5.73. The summed E-state index contributed by atoms with van der Waals surface area (Å²) in [4.78, 5) is 52.1. The molecule has 13 heteroatoms. The molecule has 1 heterocycles. The van der Waals surface area contributed by atoms with Gasteiger partial charge in [0, 0.05) is 59.0 Å². The first-order chi connectivity index (χ1) is 15.1. The van der Waals surface area contributed by atoms with Gasteiger partial charge in [-0.15, -0.1) is 0 Å². The van der Waals surface area contributed by atoms with Crippen LogP contribution in [-0.2, 0) is 19.2 Å². The van der Waals surface area contributed by atoms with Crippen molar-refractivity contribution in [3.05, 3.63) is 0 Å². The number of rotatable bonds is 11. The van der Waals surface area contributed by atoms with Crippen LogP contribution in [0.4, 0.5) is 0 Å². The molecule has 184 valence electrons. The fraction of sp³-hybridized carbons (Fsp3) is 0.789. The van der Waals surface area contributed by atoms with Crippen molar-refractivity contribution in [3.63, 3.8) is 0 Å². The van der Waals surface area contributed by atoms with Crippen LogP contribution in [0.2, 0.25) is 0 Å². The Morgan fingerprint density at radius 1 is 0.625 bits per heavy atom. The number of aliphatic hydroxyl groups is 1. The van der Waals surface area contributed by atoms with Gasteiger partial charge in [0.05, 0.1) is 19.6 Å². The largest absolute Gasteiger partial charge is 0.480 e. The van der Waals surface area contributed by atoms with Gasteiger partial charge in [-0.25, -0.2) is 0 Å². The fourth-order valence-electron chi connectivity index (χ4n) is 3.66. The molecule has 0 aromatic rings. The third-order valence-corrected chi connectivity index (χ3v) is 5.31. The van der Waals surface area contributed by atoms with Gasteiger partial charge >= 0.3 is 23.9 Å². The molecular formula is C19H34N4O9. The lowest BCUT2D eigenvalue weighted by atomic mass is 10.1. The van der Waals surface area contributed by atoms with E-state index in [-0.39, 0.29) is 91.4 Å². The average Bonchev–Trinajstić information content (AvgIpc) is 2.68. The van der Waals surface area contributed by atoms with E-state index in [1.54, 1.807) is 19.6 Å². The van der Waals surface area contributed by atoms with E-state index in [0.29, 0.717) is 0 Å². The zero-order valence-corrected chi connectivity index (χ0v) is 18.1. The van der Waals surface area contributed by atoms with E-state index >= 15 is 0 Å². The maximum atomic E-state index is 11.8. The second-order valence-electron chi connectivity index (χ2n) is 7.77. The van der Waals surface area contributed by atoms with Crippen LogP contribution in [-0.4, -0.2) is 154 Å². The summed E-state index contributed by atoms with van der Waals surface area (Å²) in [6.45, 7) is 1.07. The minimum absolute atomic E-state index is 0.159. The zero-order valence-electron chi connectivity index (χ0n) is 18.1. The number of aliphatic carboxylic acids is 4. The van der Waals surface area contributed by atoms with E-state index in [2.05, 4.69) is 0 Å². The van der Waals surface area contributed by atoms with Crippen molar-refractivity contribution in [2.24, 2.45) is 0 Å². The van der Waals surface area contributed by atoms with Crippen molar-refractivity contribution in [2.75, 3.05) is 78.6 Å². The monoisotopic (exact) mass is 462 g/mol. The fourth-order valence-corrected chi connectivity index (χ4v) is 3.66. The van der Waals surface area contributed by atoms with Crippen molar-refractivity contribution >= 4 is 23.9 Å². The van der Waals surface area contributed by atoms with Crippen LogP contribution in [0.25, 0.3) is 0 Å². The Hall–Kier alpha value is -2.32. The molecule has 0 aromatic carbocycles. The van der Waals surface area contributed by atoms with Gasteiger partial charge in [0.2, 0.25) is 0 Å². The maximum absolute atomic E-state index is 11.8. The summed E-state index contributed by atoms with van der Waals surface area (Å²) in [6, 6.07) is -0.896. The molecule has 1 atom stereocenters. The van der Waals surface area contributed by atoms with E-state index in [1.807, 2.05) is 0 Å². The first-order valence-corrected chi connectivity index (χ1v) is 10.5. The predicted octanol–water partition coefficient (Wildman–Crippen LogP) is -2.31. The van der Waals surface area contributed by atoms with Gasteiger partial charge in [0.15, 0.2) is 0 Å². The summed E-state index contributed by atoms with van der Waals surface area (Å²) >= 11 is 0. The zero-order chi connectivity index (χ0) is 24.1. The Labute approximate surface area is 186 Å². The van der Waals surface area contributed by atoms with Crippen molar-refractivity contribution < 1.29 is 44.7 Å². The highest BCUT2D eigenvalue weighted by atomic mass is 16.4. The highest BCUT2D eigenvalue weighted by Crippen LogP contribution is 2.10. The van der Waals surface area contributed by atoms with Gasteiger partial charge in [-0.2, -0.15) is 0 Å². The van der Waals surface area contributed by atoms with Gasteiger partial charge in [-0.05, 0) is 12.8 Å². The number of carboxylic acids is 4. The Bertz CT molecular complexity index is 602. The topological polar surface area (TPSA) is 182 Å². The standard InChI is InChI=1S/C19H34N4O9/c24-11-1-2-15(19(31)32)23-9-7-21(13-17(27)28)5-3-20(12-16(25)26)4-6-22(8-10-23)14-18(29)30/h15,24H,1-14H2,(H,25,26)(H,27,28)(H,29,30)(H,31,32)/t15-/m1/s1. The maximum Gasteiger partial charge on any atom is 0.320 e. The van der Waals surface area contributed by atoms with Crippen molar-refractivity contribution in [1.29, 1.82) is 0 Å². The molecule has 1 fully saturated rings. The Morgan fingerprint density at radius 3 is 1.25 bits per heavy atom. The van der Waals surface area contributed by atoms with Crippen molar-refractivity contribution in [2.45, 2.75) is 18.9 Å². The summed E-state index contributed by atoms with van der Waals surface area (Å²) in [7, 11) is 0. The van der Waals surface area contributed by atoms with Gasteiger partial charge < -0.3 is 25.5 Å². The lowest BCUT2D eigenvalue weighted by molar-refractivity contribution is -0.145. The van der Waals surface area contributed by atoms with E-state index in [4.69, 9.17) is 10.2 Å². The van der Waals surface area contributed by atoms with Crippen LogP contribution in [0.5, 0.6) is 0 Å². The third kappa shape index (κ3) is 11.3. The molecular weight excluding hydrogens is 428 g/mol. The lowest BCUT2D eigenvalue weighted by Crippen LogP contribution is -2.51. The van der Waals surface area contributed by atoms with Crippen LogP contribution in [0, 0.1) is 0 Å². The van der Waals surface area contributed by atoms with E-state index in [0.717, 1.165) is 0 Å². The minimum atomic E-state index is -1.06. The van der Waals surface area contributed by atoms with Gasteiger partial charge in [0.25, 0.3) is 0 Å². The van der Waals surface area contributed by atoms with Crippen LogP contribution in [0.3, 0.4) is 0 Å². The SMILES string of the molecule is O=C(O)CN1CCN(CC(=O)O)CCN([C@H](CCCO)C(=O)O)CCN(CC(=O)O)CC1. The van der Waals surface area contributed by atoms with Crippen LogP contribution < -0.4 is 0 Å². The van der Waals surface area contributed by atoms with Gasteiger partial charge in [-0.1, -0.05) is 0 Å². The van der Waals surface area contributed by atoms with Gasteiger partial charge in [0.1, 0.15) is 6.04 Å². The number of carbonyl (C=O) groups is 4. The number of hydrogen-bond acceptors (Lipinski definition) is 9. The molecule has 0 aromatic heterocycles. The predicted molar refractivity (Wildman–Crippen MR) is 112 cm³/mol. The normalized spacial score (nSPS) is 19.5. The van der Waals surface area contributed by atoms with Crippen LogP contribution in [0.15, 0.2) is 0 Å². The molecule has 32 heavy (non-hydrogen) atoms. The van der Waals surface area contributed by atoms with Crippen LogP contribution >= 0.6 is 0 Å². The summed E-state index contributed by atoms with van der Waals surface area (Å²) in [6.07, 6.45) is 0.491. The molecule has 1 rings (SSSR count). The average molecular weight is 463 g/mol. The second kappa shape index (κ2) is 14.7. The Balaban J connectivity index is 3.07. The van der Waals surface area contributed by atoms with E-state index in [9.17, 15) is 34.5 Å². The van der Waals surface area contributed by atoms with E-state index < -0.39 is 29.9 Å². The molecule has 0 amide bonds. The minimum Gasteiger partial charge on any atom is -0.480 e. The lowest BCUT2D eigenvalue weighted by Gasteiger charge is -2.35. The Morgan fingerprint density at radius 2 is 0.969 bits per heavy atom. The summed E-state index contributed by atoms with van der Waals surface area (Å²) in [5, 5.41) is 46.4. The molecule has 0 saturated carbocycles. The molecule has 1 aliphatic rings. The molecule has 1 aliphatic heterocycles. The summed E-state index contributed by atoms with van der Waals surface area (Å²) < 4.78 is 0. The summed E-state index contributed by atoms with van der Waals surface area (Å²) in [5.74, 6) is -4.19. The molecule has 13 nitrogen and oxygen atoms in total.